The van der Waals surface area contributed by atoms with E-state index in [4.69, 9.17) is 15.0 Å². The average Bonchev–Trinajstić information content (AvgIpc) is 3.31. The number of nitrogens with zero attached hydrogens (tertiary/aromatic N) is 9. The van der Waals surface area contributed by atoms with Gasteiger partial charge in [-0.1, -0.05) is 73.6 Å². The van der Waals surface area contributed by atoms with Crippen molar-refractivity contribution in [1.82, 2.24) is 15.0 Å². The number of rotatable bonds is 20. The second-order valence-corrected chi connectivity index (χ2v) is 18.9. The first kappa shape index (κ1) is 48.4. The van der Waals surface area contributed by atoms with E-state index >= 15 is 0 Å². The number of nitrogens with one attached hydrogen (secondary N) is 2. The quantitative estimate of drug-likeness (QED) is 0.0241. The molecule has 0 amide bonds. The molecule has 7 rings (SSSR count). The Kier molecular flexibility index (Phi) is 15.4. The molecule has 0 saturated heterocycles. The summed E-state index contributed by atoms with van der Waals surface area (Å²) in [6.07, 6.45) is 1.92. The van der Waals surface area contributed by atoms with Gasteiger partial charge in [0, 0.05) is 64.9 Å². The number of aromatic nitrogens is 3. The summed E-state index contributed by atoms with van der Waals surface area (Å²) >= 11 is 1.49. The molecule has 7 aromatic rings. The largest absolute Gasteiger partial charge is 0.372 e. The highest BCUT2D eigenvalue weighted by Crippen LogP contribution is 2.39. The van der Waals surface area contributed by atoms with E-state index in [0.717, 1.165) is 56.1 Å². The third kappa shape index (κ3) is 11.5. The number of fused-ring (bicyclic) bond motifs is 2. The Labute approximate surface area is 394 Å². The van der Waals surface area contributed by atoms with Gasteiger partial charge in [-0.15, -0.1) is 20.5 Å². The Morgan fingerprint density at radius 3 is 1.30 bits per heavy atom. The van der Waals surface area contributed by atoms with Crippen LogP contribution in [-0.2, 0) is 20.2 Å². The van der Waals surface area contributed by atoms with Gasteiger partial charge in [-0.2, -0.15) is 31.8 Å². The highest BCUT2D eigenvalue weighted by Gasteiger charge is 2.19. The van der Waals surface area contributed by atoms with Gasteiger partial charge in [-0.3, -0.25) is 9.11 Å². The number of hydrogen-bond acceptors (Lipinski definition) is 16. The van der Waals surface area contributed by atoms with Crippen LogP contribution in [0.4, 0.5) is 57.4 Å². The molecule has 0 bridgehead atoms. The first-order chi connectivity index (χ1) is 32.2. The molecule has 0 saturated carbocycles. The molecule has 0 unspecified atom stereocenters. The highest BCUT2D eigenvalue weighted by molar-refractivity contribution is 7.99. The van der Waals surface area contributed by atoms with Gasteiger partial charge < -0.3 is 20.4 Å². The maximum absolute atomic E-state index is 12.2. The second kappa shape index (κ2) is 21.4. The van der Waals surface area contributed by atoms with Gasteiger partial charge in [-0.05, 0) is 94.8 Å². The number of azo groups is 2. The van der Waals surface area contributed by atoms with E-state index in [0.29, 0.717) is 60.8 Å². The fourth-order valence-electron chi connectivity index (χ4n) is 7.43. The number of benzene rings is 6. The van der Waals surface area contributed by atoms with E-state index in [2.05, 4.69) is 75.5 Å². The van der Waals surface area contributed by atoms with Crippen LogP contribution >= 0.6 is 11.8 Å². The van der Waals surface area contributed by atoms with E-state index in [1.54, 1.807) is 48.5 Å². The first-order valence-electron chi connectivity index (χ1n) is 21.8. The molecular weight excluding hydrogens is 911 g/mol. The summed E-state index contributed by atoms with van der Waals surface area (Å²) in [5, 5.41) is 27.3. The minimum Gasteiger partial charge on any atom is -0.372 e. The van der Waals surface area contributed by atoms with E-state index in [1.807, 2.05) is 36.4 Å². The Balaban J connectivity index is 1.30. The monoisotopic (exact) mass is 961 g/mol. The number of anilines is 6. The lowest BCUT2D eigenvalue weighted by atomic mass is 10.1. The smallest absolute Gasteiger partial charge is 0.295 e. The van der Waals surface area contributed by atoms with Crippen molar-refractivity contribution in [3.05, 3.63) is 109 Å². The van der Waals surface area contributed by atoms with Crippen molar-refractivity contribution >= 4 is 111 Å². The third-order valence-electron chi connectivity index (χ3n) is 10.9. The zero-order chi connectivity index (χ0) is 47.7. The van der Waals surface area contributed by atoms with Crippen LogP contribution in [0.3, 0.4) is 0 Å². The molecule has 1 heterocycles. The van der Waals surface area contributed by atoms with Gasteiger partial charge in [0.05, 0.1) is 22.7 Å². The molecular formula is C47H51N11O6S3. The highest BCUT2D eigenvalue weighted by atomic mass is 32.2. The van der Waals surface area contributed by atoms with Crippen molar-refractivity contribution in [3.63, 3.8) is 0 Å². The fraction of sp³-hybridized carbons (Fsp3) is 0.255. The second-order valence-electron chi connectivity index (χ2n) is 15.1. The van der Waals surface area contributed by atoms with Crippen LogP contribution in [0.2, 0.25) is 0 Å². The van der Waals surface area contributed by atoms with Gasteiger partial charge >= 0.3 is 0 Å². The number of hydrogen-bond donors (Lipinski definition) is 4. The maximum Gasteiger partial charge on any atom is 0.295 e. The molecule has 0 aliphatic heterocycles. The minimum absolute atomic E-state index is 0.223. The van der Waals surface area contributed by atoms with Crippen LogP contribution in [0.25, 0.3) is 21.5 Å². The summed E-state index contributed by atoms with van der Waals surface area (Å²) in [5.41, 5.74) is 4.60. The Morgan fingerprint density at radius 2 is 0.910 bits per heavy atom. The molecule has 348 valence electrons. The van der Waals surface area contributed by atoms with Crippen molar-refractivity contribution in [1.29, 1.82) is 0 Å². The van der Waals surface area contributed by atoms with Crippen molar-refractivity contribution in [3.8, 4) is 0 Å². The van der Waals surface area contributed by atoms with E-state index in [-0.39, 0.29) is 21.7 Å². The fourth-order valence-corrected chi connectivity index (χ4v) is 9.74. The molecule has 67 heavy (non-hydrogen) atoms. The molecule has 0 atom stereocenters. The lowest BCUT2D eigenvalue weighted by molar-refractivity contribution is 0.482. The van der Waals surface area contributed by atoms with Crippen molar-refractivity contribution in [2.75, 3.05) is 52.4 Å². The van der Waals surface area contributed by atoms with E-state index in [1.165, 1.54) is 36.0 Å². The summed E-state index contributed by atoms with van der Waals surface area (Å²) in [6.45, 7) is 13.4. The number of thioether (sulfide) groups is 1. The lowest BCUT2D eigenvalue weighted by Gasteiger charge is -2.22. The van der Waals surface area contributed by atoms with Crippen molar-refractivity contribution < 1.29 is 25.9 Å². The molecule has 6 aromatic carbocycles. The van der Waals surface area contributed by atoms with Gasteiger partial charge in [0.2, 0.25) is 11.9 Å². The third-order valence-corrected chi connectivity index (χ3v) is 13.6. The van der Waals surface area contributed by atoms with Crippen LogP contribution in [0.15, 0.2) is 145 Å². The molecule has 0 spiro atoms. The van der Waals surface area contributed by atoms with Crippen molar-refractivity contribution in [2.24, 2.45) is 20.5 Å². The topological polar surface area (TPSA) is 227 Å². The zero-order valence-electron chi connectivity index (χ0n) is 37.6. The summed E-state index contributed by atoms with van der Waals surface area (Å²) < 4.78 is 68.6. The van der Waals surface area contributed by atoms with E-state index in [9.17, 15) is 25.9 Å². The Morgan fingerprint density at radius 1 is 0.522 bits per heavy atom. The van der Waals surface area contributed by atoms with Crippen LogP contribution in [-0.4, -0.2) is 72.8 Å². The van der Waals surface area contributed by atoms with Gasteiger partial charge in [0.25, 0.3) is 20.2 Å². The first-order valence-corrected chi connectivity index (χ1v) is 25.6. The predicted octanol–water partition coefficient (Wildman–Crippen LogP) is 12.6. The molecule has 20 heteroatoms. The molecule has 0 aliphatic rings. The Hall–Kier alpha value is -6.58. The summed E-state index contributed by atoms with van der Waals surface area (Å²) in [7, 11) is -8.99. The predicted molar refractivity (Wildman–Crippen MR) is 268 cm³/mol. The minimum atomic E-state index is -4.49. The summed E-state index contributed by atoms with van der Waals surface area (Å²) in [5.74, 6) is 1.21. The standard InChI is InChI=1S/C47H51N11O6S3/c1-6-11-28-65-47-51-45(48-41-29-31(57(7-2)8-3)20-22-39(41)55-53-37-24-26-43(66(59,60)61)35-18-14-12-16-33(35)37)50-46(52-47)49-42-30-32(58(9-4)10-5)21-23-40(42)56-54-38-25-27-44(67(62,63)64)36-19-15-13-17-34(36)38/h12-27,29-30H,6-11,28H2,1-5H3,(H,59,60,61)(H,62,63,64)(H2,48,49,50,51,52). The average molecular weight is 962 g/mol. The van der Waals surface area contributed by atoms with Gasteiger partial charge in [0.15, 0.2) is 5.16 Å². The van der Waals surface area contributed by atoms with Crippen LogP contribution in [0, 0.1) is 0 Å². The normalized spacial score (nSPS) is 12.1. The van der Waals surface area contributed by atoms with Crippen molar-refractivity contribution in [2.45, 2.75) is 62.4 Å². The van der Waals surface area contributed by atoms with Crippen LogP contribution in [0.1, 0.15) is 47.5 Å². The number of unbranched alkanes of at least 4 members (excludes halogenated alkanes) is 1. The Bertz CT molecular complexity index is 3000. The molecule has 0 radical (unpaired) electrons. The summed E-state index contributed by atoms with van der Waals surface area (Å²) in [4.78, 5) is 18.4. The lowest BCUT2D eigenvalue weighted by Crippen LogP contribution is -2.21. The van der Waals surface area contributed by atoms with Crippen LogP contribution < -0.4 is 20.4 Å². The van der Waals surface area contributed by atoms with E-state index < -0.39 is 20.2 Å². The molecule has 0 aliphatic carbocycles. The maximum atomic E-state index is 12.2. The zero-order valence-corrected chi connectivity index (χ0v) is 40.1. The summed E-state index contributed by atoms with van der Waals surface area (Å²) in [6, 6.07) is 30.6. The molecule has 1 aromatic heterocycles. The molecule has 4 N–H and O–H groups in total. The van der Waals surface area contributed by atoms with Crippen LogP contribution in [0.5, 0.6) is 0 Å². The van der Waals surface area contributed by atoms with Gasteiger partial charge in [-0.25, -0.2) is 0 Å². The molecule has 0 fully saturated rings. The molecule has 17 nitrogen and oxygen atoms in total. The SMILES string of the molecule is CCCCSc1nc(Nc2cc(N(CC)CC)ccc2N=Nc2ccc(S(=O)(=O)O)c3ccccc23)nc(Nc2cc(N(CC)CC)ccc2N=Nc2ccc(S(=O)(=O)O)c3ccccc23)n1. The van der Waals surface area contributed by atoms with Gasteiger partial charge in [0.1, 0.15) is 21.2 Å².